The largest absolute Gasteiger partial charge is 0.331 e. The minimum absolute atomic E-state index is 0.262. The standard InChI is InChI=1S/C14H20N3OS/c1-10-11(2)17(3,6-5-16(10)9-18)14-8-13-12(15-14)4-7-19-13/h4,7-11,15H,5-6H2,1-3H3/q+1. The van der Waals surface area contributed by atoms with E-state index in [-0.39, 0.29) is 6.04 Å². The van der Waals surface area contributed by atoms with Crippen LogP contribution in [-0.2, 0) is 4.79 Å². The summed E-state index contributed by atoms with van der Waals surface area (Å²) >= 11 is 1.77. The van der Waals surface area contributed by atoms with Crippen LogP contribution in [0, 0.1) is 0 Å². The van der Waals surface area contributed by atoms with E-state index in [9.17, 15) is 4.79 Å². The smallest absolute Gasteiger partial charge is 0.210 e. The number of amides is 1. The summed E-state index contributed by atoms with van der Waals surface area (Å²) in [6.07, 6.45) is 0.984. The van der Waals surface area contributed by atoms with E-state index in [4.69, 9.17) is 0 Å². The highest BCUT2D eigenvalue weighted by atomic mass is 32.1. The van der Waals surface area contributed by atoms with Crippen molar-refractivity contribution in [3.63, 3.8) is 0 Å². The number of nitrogens with zero attached hydrogens (tertiary/aromatic N) is 2. The molecule has 3 atom stereocenters. The number of piperazine rings is 1. The van der Waals surface area contributed by atoms with Gasteiger partial charge in [0.15, 0.2) is 0 Å². The quantitative estimate of drug-likeness (QED) is 0.664. The van der Waals surface area contributed by atoms with Gasteiger partial charge < -0.3 is 9.88 Å². The Hall–Kier alpha value is -1.33. The normalized spacial score (nSPS) is 31.8. The van der Waals surface area contributed by atoms with Crippen LogP contribution in [0.3, 0.4) is 0 Å². The molecule has 1 fully saturated rings. The van der Waals surface area contributed by atoms with E-state index in [1.807, 2.05) is 4.90 Å². The zero-order chi connectivity index (χ0) is 13.6. The molecule has 1 aliphatic heterocycles. The molecule has 0 aromatic carbocycles. The Morgan fingerprint density at radius 2 is 2.32 bits per heavy atom. The maximum absolute atomic E-state index is 11.1. The van der Waals surface area contributed by atoms with Gasteiger partial charge in [-0.3, -0.25) is 9.28 Å². The number of hydrogen-bond donors (Lipinski definition) is 1. The number of carbonyl (C=O) groups excluding carboxylic acids is 1. The number of likely N-dealkylation sites (N-methyl/N-ethyl adjacent to an activating group) is 1. The van der Waals surface area contributed by atoms with Gasteiger partial charge in [0.25, 0.3) is 0 Å². The molecule has 0 spiro atoms. The number of thiophene rings is 1. The molecule has 1 aliphatic rings. The summed E-state index contributed by atoms with van der Waals surface area (Å²) in [6.45, 7) is 6.14. The molecule has 1 N–H and O–H groups in total. The molecule has 2 aromatic heterocycles. The third-order valence-corrected chi connectivity index (χ3v) is 5.72. The molecule has 0 saturated carbocycles. The lowest BCUT2D eigenvalue weighted by Gasteiger charge is -2.48. The van der Waals surface area contributed by atoms with E-state index in [0.29, 0.717) is 6.04 Å². The van der Waals surface area contributed by atoms with Crippen molar-refractivity contribution in [3.05, 3.63) is 17.5 Å². The van der Waals surface area contributed by atoms with E-state index in [1.165, 1.54) is 16.0 Å². The van der Waals surface area contributed by atoms with Crippen molar-refractivity contribution in [2.24, 2.45) is 0 Å². The van der Waals surface area contributed by atoms with Gasteiger partial charge in [-0.1, -0.05) is 0 Å². The monoisotopic (exact) mass is 278 g/mol. The Morgan fingerprint density at radius 3 is 3.00 bits per heavy atom. The van der Waals surface area contributed by atoms with Crippen LogP contribution in [-0.4, -0.2) is 48.5 Å². The number of nitrogens with one attached hydrogen (secondary N) is 1. The Bertz CT molecular complexity index is 576. The molecule has 3 rings (SSSR count). The Labute approximate surface area is 117 Å². The first-order valence-corrected chi connectivity index (χ1v) is 7.57. The Kier molecular flexibility index (Phi) is 2.91. The molecule has 0 aliphatic carbocycles. The van der Waals surface area contributed by atoms with E-state index in [1.54, 1.807) is 11.3 Å². The number of carbonyl (C=O) groups is 1. The third kappa shape index (κ3) is 1.80. The van der Waals surface area contributed by atoms with Gasteiger partial charge in [0, 0.05) is 6.07 Å². The molecule has 0 radical (unpaired) electrons. The summed E-state index contributed by atoms with van der Waals surface area (Å²) in [4.78, 5) is 16.5. The number of aromatic nitrogens is 1. The molecule has 0 bridgehead atoms. The van der Waals surface area contributed by atoms with Crippen LogP contribution in [0.1, 0.15) is 13.8 Å². The van der Waals surface area contributed by atoms with Gasteiger partial charge >= 0.3 is 0 Å². The van der Waals surface area contributed by atoms with E-state index in [2.05, 4.69) is 43.4 Å². The second kappa shape index (κ2) is 4.35. The minimum atomic E-state index is 0.262. The van der Waals surface area contributed by atoms with E-state index >= 15 is 0 Å². The Balaban J connectivity index is 1.98. The van der Waals surface area contributed by atoms with Gasteiger partial charge in [0.1, 0.15) is 12.6 Å². The predicted molar refractivity (Wildman–Crippen MR) is 80.5 cm³/mol. The van der Waals surface area contributed by atoms with Crippen molar-refractivity contribution in [1.82, 2.24) is 14.4 Å². The number of quaternary nitrogens is 1. The van der Waals surface area contributed by atoms with Gasteiger partial charge in [-0.05, 0) is 25.3 Å². The van der Waals surface area contributed by atoms with E-state index < -0.39 is 0 Å². The number of hydrogen-bond acceptors (Lipinski definition) is 2. The second-order valence-electron chi connectivity index (χ2n) is 5.67. The predicted octanol–water partition coefficient (Wildman–Crippen LogP) is 2.42. The zero-order valence-corrected chi connectivity index (χ0v) is 12.4. The molecule has 102 valence electrons. The first-order chi connectivity index (χ1) is 9.06. The molecule has 3 heterocycles. The van der Waals surface area contributed by atoms with Crippen molar-refractivity contribution in [3.8, 4) is 0 Å². The number of rotatable bonds is 2. The summed E-state index contributed by atoms with van der Waals surface area (Å²) in [5.74, 6) is 1.26. The average molecular weight is 278 g/mol. The van der Waals surface area contributed by atoms with Gasteiger partial charge in [-0.25, -0.2) is 0 Å². The first kappa shape index (κ1) is 12.7. The number of aromatic amines is 1. The molecule has 4 nitrogen and oxygen atoms in total. The lowest BCUT2D eigenvalue weighted by Crippen LogP contribution is -2.67. The van der Waals surface area contributed by atoms with Crippen LogP contribution >= 0.6 is 11.3 Å². The lowest BCUT2D eigenvalue weighted by molar-refractivity contribution is -0.123. The van der Waals surface area contributed by atoms with Gasteiger partial charge in [-0.2, -0.15) is 0 Å². The molecule has 1 saturated heterocycles. The fraction of sp³-hybridized carbons (Fsp3) is 0.500. The van der Waals surface area contributed by atoms with Crippen LogP contribution < -0.4 is 4.48 Å². The SMILES string of the molecule is CC1C(C)[N+](C)(c2cc3sccc3[nH]2)CCN1C=O. The summed E-state index contributed by atoms with van der Waals surface area (Å²) < 4.78 is 2.18. The van der Waals surface area contributed by atoms with Gasteiger partial charge in [0.05, 0.1) is 29.9 Å². The van der Waals surface area contributed by atoms with Crippen molar-refractivity contribution >= 4 is 33.8 Å². The van der Waals surface area contributed by atoms with E-state index in [0.717, 1.165) is 24.0 Å². The van der Waals surface area contributed by atoms with Gasteiger partial charge in [0.2, 0.25) is 12.2 Å². The van der Waals surface area contributed by atoms with Gasteiger partial charge in [-0.15, -0.1) is 11.3 Å². The molecular weight excluding hydrogens is 258 g/mol. The maximum Gasteiger partial charge on any atom is 0.210 e. The second-order valence-corrected chi connectivity index (χ2v) is 6.62. The van der Waals surface area contributed by atoms with Crippen LogP contribution in [0.5, 0.6) is 0 Å². The molecule has 5 heteroatoms. The molecule has 2 aromatic rings. The average Bonchev–Trinajstić information content (AvgIpc) is 2.97. The summed E-state index contributed by atoms with van der Waals surface area (Å²) in [7, 11) is 2.26. The fourth-order valence-electron chi connectivity index (χ4n) is 3.08. The van der Waals surface area contributed by atoms with Crippen molar-refractivity contribution in [1.29, 1.82) is 0 Å². The number of fused-ring (bicyclic) bond motifs is 1. The summed E-state index contributed by atoms with van der Waals surface area (Å²) in [5, 5.41) is 2.11. The molecular formula is C14H20N3OS+. The highest BCUT2D eigenvalue weighted by Gasteiger charge is 2.43. The zero-order valence-electron chi connectivity index (χ0n) is 11.6. The van der Waals surface area contributed by atoms with Crippen molar-refractivity contribution < 1.29 is 4.79 Å². The maximum atomic E-state index is 11.1. The molecule has 1 amide bonds. The highest BCUT2D eigenvalue weighted by Crippen LogP contribution is 2.33. The van der Waals surface area contributed by atoms with Crippen LogP contribution in [0.2, 0.25) is 0 Å². The fourth-order valence-corrected chi connectivity index (χ4v) is 3.86. The molecule has 3 unspecified atom stereocenters. The topological polar surface area (TPSA) is 36.1 Å². The summed E-state index contributed by atoms with van der Waals surface area (Å²) in [5.41, 5.74) is 1.22. The van der Waals surface area contributed by atoms with Crippen molar-refractivity contribution in [2.75, 3.05) is 20.1 Å². The lowest BCUT2D eigenvalue weighted by atomic mass is 10.0. The van der Waals surface area contributed by atoms with Crippen LogP contribution in [0.4, 0.5) is 5.82 Å². The highest BCUT2D eigenvalue weighted by molar-refractivity contribution is 7.17. The minimum Gasteiger partial charge on any atom is -0.331 e. The summed E-state index contributed by atoms with van der Waals surface area (Å²) in [6, 6.07) is 5.04. The number of H-pyrrole nitrogens is 1. The van der Waals surface area contributed by atoms with Crippen LogP contribution in [0.25, 0.3) is 10.2 Å². The van der Waals surface area contributed by atoms with Crippen LogP contribution in [0.15, 0.2) is 17.5 Å². The third-order valence-electron chi connectivity index (χ3n) is 4.85. The first-order valence-electron chi connectivity index (χ1n) is 6.69. The van der Waals surface area contributed by atoms with Crippen molar-refractivity contribution in [2.45, 2.75) is 25.9 Å². The molecule has 19 heavy (non-hydrogen) atoms. The Morgan fingerprint density at radius 1 is 1.53 bits per heavy atom.